The molecule has 2 atom stereocenters. The zero-order valence-electron chi connectivity index (χ0n) is 20.8. The van der Waals surface area contributed by atoms with Crippen LogP contribution in [0.3, 0.4) is 0 Å². The van der Waals surface area contributed by atoms with Gasteiger partial charge in [0, 0.05) is 25.4 Å². The summed E-state index contributed by atoms with van der Waals surface area (Å²) < 4.78 is 33.2. The summed E-state index contributed by atoms with van der Waals surface area (Å²) in [6.45, 7) is 1.87. The van der Waals surface area contributed by atoms with Crippen molar-refractivity contribution >= 4 is 28.0 Å². The lowest BCUT2D eigenvalue weighted by Crippen LogP contribution is -2.55. The number of nitrogens with zero attached hydrogens (tertiary/aromatic N) is 2. The van der Waals surface area contributed by atoms with Crippen molar-refractivity contribution in [3.8, 4) is 5.75 Å². The van der Waals surface area contributed by atoms with E-state index in [2.05, 4.69) is 0 Å². The topological polar surface area (TPSA) is 101 Å². The number of carbonyl (C=O) groups excluding carboxylic acids is 3. The summed E-state index contributed by atoms with van der Waals surface area (Å²) in [6.07, 6.45) is 2.73. The SMILES string of the molecule is COc1ccc(C[C@@H](C=O)N2C(=O)[C@@H](N(C)S(=O)(=O)c3ccc(C)cc3)CC23CCC(=O)CC3)cc1. The first kappa shape index (κ1) is 26.0. The van der Waals surface area contributed by atoms with Crippen molar-refractivity contribution in [2.24, 2.45) is 0 Å². The number of hydrogen-bond donors (Lipinski definition) is 0. The number of aryl methyl sites for hydroxylation is 1. The van der Waals surface area contributed by atoms with Crippen LogP contribution in [0, 0.1) is 6.92 Å². The Labute approximate surface area is 212 Å². The van der Waals surface area contributed by atoms with Crippen LogP contribution in [-0.4, -0.2) is 67.4 Å². The van der Waals surface area contributed by atoms with Crippen molar-refractivity contribution in [3.05, 3.63) is 59.7 Å². The molecule has 1 spiro atoms. The number of benzene rings is 2. The largest absolute Gasteiger partial charge is 0.497 e. The van der Waals surface area contributed by atoms with E-state index in [-0.39, 0.29) is 23.5 Å². The molecule has 2 aromatic carbocycles. The van der Waals surface area contributed by atoms with Gasteiger partial charge in [0.1, 0.15) is 23.9 Å². The van der Waals surface area contributed by atoms with E-state index in [1.807, 2.05) is 19.1 Å². The molecule has 2 aliphatic rings. The minimum atomic E-state index is -3.94. The number of ketones is 1. The zero-order valence-corrected chi connectivity index (χ0v) is 21.7. The van der Waals surface area contributed by atoms with Gasteiger partial charge in [-0.05, 0) is 62.4 Å². The highest BCUT2D eigenvalue weighted by Crippen LogP contribution is 2.45. The van der Waals surface area contributed by atoms with Gasteiger partial charge in [0.2, 0.25) is 15.9 Å². The third kappa shape index (κ3) is 4.82. The minimum absolute atomic E-state index is 0.111. The highest BCUT2D eigenvalue weighted by atomic mass is 32.2. The first-order chi connectivity index (χ1) is 17.1. The third-order valence-electron chi connectivity index (χ3n) is 7.57. The fourth-order valence-corrected chi connectivity index (χ4v) is 6.74. The molecule has 8 nitrogen and oxygen atoms in total. The normalized spacial score (nSPS) is 20.7. The molecule has 1 saturated heterocycles. The summed E-state index contributed by atoms with van der Waals surface area (Å²) in [5.41, 5.74) is 1.04. The smallest absolute Gasteiger partial charge is 0.243 e. The highest BCUT2D eigenvalue weighted by molar-refractivity contribution is 7.89. The van der Waals surface area contributed by atoms with Crippen LogP contribution in [0.2, 0.25) is 0 Å². The zero-order chi connectivity index (χ0) is 26.1. The van der Waals surface area contributed by atoms with Crippen molar-refractivity contribution in [1.29, 1.82) is 0 Å². The second-order valence-corrected chi connectivity index (χ2v) is 11.8. The van der Waals surface area contributed by atoms with Crippen LogP contribution in [0.15, 0.2) is 53.4 Å². The van der Waals surface area contributed by atoms with Gasteiger partial charge >= 0.3 is 0 Å². The first-order valence-electron chi connectivity index (χ1n) is 12.1. The molecule has 1 aliphatic heterocycles. The van der Waals surface area contributed by atoms with Crippen LogP contribution in [-0.2, 0) is 30.8 Å². The van der Waals surface area contributed by atoms with Crippen molar-refractivity contribution in [2.75, 3.05) is 14.2 Å². The number of hydrogen-bond acceptors (Lipinski definition) is 6. The molecule has 1 saturated carbocycles. The Hall–Kier alpha value is -3.04. The molecular formula is C27H32N2O6S. The van der Waals surface area contributed by atoms with Gasteiger partial charge in [0.05, 0.1) is 18.0 Å². The number of likely N-dealkylation sites (N-methyl/N-ethyl adjacent to an activating group) is 1. The molecule has 0 bridgehead atoms. The average molecular weight is 513 g/mol. The number of aldehydes is 1. The van der Waals surface area contributed by atoms with Gasteiger partial charge in [0.15, 0.2) is 0 Å². The number of methoxy groups -OCH3 is 1. The second-order valence-electron chi connectivity index (χ2n) is 9.78. The van der Waals surface area contributed by atoms with Crippen LogP contribution < -0.4 is 4.74 Å². The minimum Gasteiger partial charge on any atom is -0.497 e. The summed E-state index contributed by atoms with van der Waals surface area (Å²) in [7, 11) is -0.954. The third-order valence-corrected chi connectivity index (χ3v) is 9.46. The van der Waals surface area contributed by atoms with E-state index < -0.39 is 33.6 Å². The molecule has 1 heterocycles. The Morgan fingerprint density at radius 1 is 1.08 bits per heavy atom. The standard InChI is InChI=1S/C27H32N2O6S/c1-19-4-10-24(11-5-19)36(33,34)28(2)25-17-27(14-12-22(31)13-15-27)29(26(25)32)21(18-30)16-20-6-8-23(35-3)9-7-20/h4-11,18,21,25H,12-17H2,1-3H3/t21-,25-/m0/s1. The van der Waals surface area contributed by atoms with E-state index in [0.29, 0.717) is 31.4 Å². The van der Waals surface area contributed by atoms with Crippen molar-refractivity contribution in [3.63, 3.8) is 0 Å². The molecule has 0 aromatic heterocycles. The molecule has 2 aromatic rings. The number of ether oxygens (including phenoxy) is 1. The Bertz CT molecular complexity index is 1230. The lowest BCUT2D eigenvalue weighted by Gasteiger charge is -2.43. The van der Waals surface area contributed by atoms with Gasteiger partial charge in [-0.25, -0.2) is 8.42 Å². The van der Waals surface area contributed by atoms with Crippen LogP contribution in [0.4, 0.5) is 0 Å². The molecule has 1 aliphatic carbocycles. The molecule has 0 unspecified atom stereocenters. The van der Waals surface area contributed by atoms with Gasteiger partial charge < -0.3 is 14.4 Å². The van der Waals surface area contributed by atoms with Crippen LogP contribution in [0.1, 0.15) is 43.2 Å². The van der Waals surface area contributed by atoms with E-state index >= 15 is 0 Å². The maximum Gasteiger partial charge on any atom is 0.243 e. The number of amides is 1. The van der Waals surface area contributed by atoms with E-state index in [1.165, 1.54) is 19.2 Å². The number of likely N-dealkylation sites (tertiary alicyclic amines) is 1. The average Bonchev–Trinajstić information content (AvgIpc) is 3.16. The van der Waals surface area contributed by atoms with Crippen LogP contribution in [0.5, 0.6) is 5.75 Å². The fraction of sp³-hybridized carbons (Fsp3) is 0.444. The van der Waals surface area contributed by atoms with E-state index in [0.717, 1.165) is 21.7 Å². The number of rotatable bonds is 8. The quantitative estimate of drug-likeness (QED) is 0.504. The van der Waals surface area contributed by atoms with Crippen molar-refractivity contribution in [2.45, 2.75) is 68.0 Å². The Morgan fingerprint density at radius 2 is 1.69 bits per heavy atom. The predicted molar refractivity (Wildman–Crippen MR) is 134 cm³/mol. The monoisotopic (exact) mass is 512 g/mol. The van der Waals surface area contributed by atoms with Gasteiger partial charge in [-0.3, -0.25) is 9.59 Å². The maximum atomic E-state index is 13.9. The van der Waals surface area contributed by atoms with Crippen molar-refractivity contribution < 1.29 is 27.5 Å². The molecule has 9 heteroatoms. The lowest BCUT2D eigenvalue weighted by atomic mass is 9.78. The van der Waals surface area contributed by atoms with Crippen LogP contribution in [0.25, 0.3) is 0 Å². The van der Waals surface area contributed by atoms with E-state index in [4.69, 9.17) is 4.74 Å². The summed E-state index contributed by atoms with van der Waals surface area (Å²) in [5, 5.41) is 0. The molecule has 4 rings (SSSR count). The van der Waals surface area contributed by atoms with E-state index in [9.17, 15) is 22.8 Å². The second kappa shape index (κ2) is 10.1. The molecule has 2 fully saturated rings. The fourth-order valence-electron chi connectivity index (χ4n) is 5.43. The number of sulfonamides is 1. The molecule has 1 amide bonds. The molecule has 0 N–H and O–H groups in total. The summed E-state index contributed by atoms with van der Waals surface area (Å²) in [6, 6.07) is 12.0. The Kier molecular flexibility index (Phi) is 7.33. The molecular weight excluding hydrogens is 480 g/mol. The Balaban J connectivity index is 1.67. The summed E-state index contributed by atoms with van der Waals surface area (Å²) >= 11 is 0. The summed E-state index contributed by atoms with van der Waals surface area (Å²) in [4.78, 5) is 40.0. The molecule has 0 radical (unpaired) electrons. The Morgan fingerprint density at radius 3 is 2.25 bits per heavy atom. The number of Topliss-reactive ketones (excluding diaryl/α,β-unsaturated/α-hetero) is 1. The van der Waals surface area contributed by atoms with Gasteiger partial charge in [-0.15, -0.1) is 0 Å². The maximum absolute atomic E-state index is 13.9. The van der Waals surface area contributed by atoms with Gasteiger partial charge in [-0.2, -0.15) is 4.31 Å². The van der Waals surface area contributed by atoms with E-state index in [1.54, 1.807) is 36.3 Å². The van der Waals surface area contributed by atoms with Gasteiger partial charge in [0.25, 0.3) is 0 Å². The first-order valence-corrected chi connectivity index (χ1v) is 13.5. The predicted octanol–water partition coefficient (Wildman–Crippen LogP) is 2.92. The summed E-state index contributed by atoms with van der Waals surface area (Å²) in [5.74, 6) is 0.409. The molecule has 192 valence electrons. The van der Waals surface area contributed by atoms with Crippen LogP contribution >= 0.6 is 0 Å². The highest BCUT2D eigenvalue weighted by Gasteiger charge is 2.56. The number of carbonyl (C=O) groups is 3. The lowest BCUT2D eigenvalue weighted by molar-refractivity contribution is -0.141. The van der Waals surface area contributed by atoms with Gasteiger partial charge in [-0.1, -0.05) is 29.8 Å². The van der Waals surface area contributed by atoms with Crippen molar-refractivity contribution in [1.82, 2.24) is 9.21 Å². The molecule has 36 heavy (non-hydrogen) atoms.